The molecule has 0 spiro atoms. The molecule has 7 nitrogen and oxygen atoms in total. The zero-order chi connectivity index (χ0) is 19.6. The lowest BCUT2D eigenvalue weighted by Crippen LogP contribution is -2.27. The van der Waals surface area contributed by atoms with E-state index in [9.17, 15) is 18.8 Å². The number of nitrogens with zero attached hydrogens (tertiary/aromatic N) is 2. The number of fused-ring (bicyclic) bond motifs is 1. The van der Waals surface area contributed by atoms with E-state index in [1.165, 1.54) is 36.1 Å². The topological polar surface area (TPSA) is 90.3 Å². The summed E-state index contributed by atoms with van der Waals surface area (Å²) < 4.78 is 19.7. The molecular formula is C19H16FN3O4. The fourth-order valence-corrected chi connectivity index (χ4v) is 2.68. The molecule has 0 aliphatic rings. The molecule has 138 valence electrons. The van der Waals surface area contributed by atoms with Crippen LogP contribution in [0.15, 0.2) is 47.3 Å². The van der Waals surface area contributed by atoms with Gasteiger partial charge in [-0.2, -0.15) is 5.10 Å². The summed E-state index contributed by atoms with van der Waals surface area (Å²) in [5.41, 5.74) is -0.0521. The number of rotatable bonds is 4. The number of benzene rings is 2. The summed E-state index contributed by atoms with van der Waals surface area (Å²) in [7, 11) is 1.25. The first-order valence-electron chi connectivity index (χ1n) is 8.14. The fraction of sp³-hybridized carbons (Fsp3) is 0.158. The third-order valence-corrected chi connectivity index (χ3v) is 3.97. The molecule has 1 amide bonds. The number of ether oxygens (including phenoxy) is 1. The van der Waals surface area contributed by atoms with Crippen LogP contribution in [-0.2, 0) is 11.3 Å². The van der Waals surface area contributed by atoms with E-state index in [2.05, 4.69) is 15.2 Å². The van der Waals surface area contributed by atoms with Crippen LogP contribution in [-0.4, -0.2) is 28.8 Å². The Balaban J connectivity index is 2.02. The van der Waals surface area contributed by atoms with Gasteiger partial charge in [-0.3, -0.25) is 14.3 Å². The fourth-order valence-electron chi connectivity index (χ4n) is 2.68. The average Bonchev–Trinajstić information content (AvgIpc) is 2.68. The van der Waals surface area contributed by atoms with Crippen molar-refractivity contribution in [2.75, 3.05) is 12.4 Å². The van der Waals surface area contributed by atoms with E-state index in [1.54, 1.807) is 19.1 Å². The summed E-state index contributed by atoms with van der Waals surface area (Å²) >= 11 is 0. The van der Waals surface area contributed by atoms with Crippen molar-refractivity contribution in [1.82, 2.24) is 9.78 Å². The Hall–Kier alpha value is -3.55. The van der Waals surface area contributed by atoms with E-state index in [-0.39, 0.29) is 16.6 Å². The van der Waals surface area contributed by atoms with E-state index in [0.717, 1.165) is 6.07 Å². The number of hydrogen-bond donors (Lipinski definition) is 1. The van der Waals surface area contributed by atoms with Gasteiger partial charge in [0.15, 0.2) is 5.69 Å². The summed E-state index contributed by atoms with van der Waals surface area (Å²) in [5.74, 6) is -1.89. The number of amides is 1. The zero-order valence-electron chi connectivity index (χ0n) is 14.7. The minimum atomic E-state index is -0.754. The third-order valence-electron chi connectivity index (χ3n) is 3.97. The monoisotopic (exact) mass is 369 g/mol. The second-order valence-corrected chi connectivity index (χ2v) is 5.68. The molecular weight excluding hydrogens is 353 g/mol. The second-order valence-electron chi connectivity index (χ2n) is 5.68. The predicted molar refractivity (Wildman–Crippen MR) is 97.4 cm³/mol. The highest BCUT2D eigenvalue weighted by atomic mass is 19.1. The molecule has 0 atom stereocenters. The van der Waals surface area contributed by atoms with Crippen LogP contribution >= 0.6 is 0 Å². The van der Waals surface area contributed by atoms with Gasteiger partial charge in [-0.25, -0.2) is 9.18 Å². The zero-order valence-corrected chi connectivity index (χ0v) is 14.7. The van der Waals surface area contributed by atoms with Crippen molar-refractivity contribution in [2.24, 2.45) is 0 Å². The maximum absolute atomic E-state index is 13.6. The first kappa shape index (κ1) is 18.2. The second kappa shape index (κ2) is 7.36. The standard InChI is InChI=1S/C19H16FN3O4/c1-3-23-15-8-7-12(20)10-14(15)17(24)16(22-23)18(25)21-13-6-4-5-11(9-13)19(26)27-2/h4-10H,3H2,1-2H3,(H,21,25). The van der Waals surface area contributed by atoms with Crippen LogP contribution in [0.3, 0.4) is 0 Å². The molecule has 2 aromatic carbocycles. The Bertz CT molecular complexity index is 1110. The highest BCUT2D eigenvalue weighted by Gasteiger charge is 2.18. The summed E-state index contributed by atoms with van der Waals surface area (Å²) in [6.45, 7) is 2.18. The number of anilines is 1. The summed E-state index contributed by atoms with van der Waals surface area (Å²) in [4.78, 5) is 36.8. The van der Waals surface area contributed by atoms with Crippen molar-refractivity contribution < 1.29 is 18.7 Å². The predicted octanol–water partition coefficient (Wildman–Crippen LogP) is 2.59. The van der Waals surface area contributed by atoms with Crippen LogP contribution in [0.1, 0.15) is 27.8 Å². The SMILES string of the molecule is CCn1nc(C(=O)Nc2cccc(C(=O)OC)c2)c(=O)c2cc(F)ccc21. The van der Waals surface area contributed by atoms with Crippen LogP contribution in [0.2, 0.25) is 0 Å². The van der Waals surface area contributed by atoms with Gasteiger partial charge in [0.2, 0.25) is 5.43 Å². The molecule has 3 aromatic rings. The van der Waals surface area contributed by atoms with Crippen molar-refractivity contribution in [3.63, 3.8) is 0 Å². The molecule has 3 rings (SSSR count). The van der Waals surface area contributed by atoms with E-state index in [1.807, 2.05) is 0 Å². The lowest BCUT2D eigenvalue weighted by atomic mass is 10.1. The van der Waals surface area contributed by atoms with Crippen molar-refractivity contribution in [3.05, 3.63) is 69.8 Å². The van der Waals surface area contributed by atoms with Gasteiger partial charge < -0.3 is 10.1 Å². The molecule has 0 bridgehead atoms. The van der Waals surface area contributed by atoms with Crippen LogP contribution < -0.4 is 10.7 Å². The van der Waals surface area contributed by atoms with E-state index < -0.39 is 23.1 Å². The number of nitrogens with one attached hydrogen (secondary N) is 1. The molecule has 1 N–H and O–H groups in total. The summed E-state index contributed by atoms with van der Waals surface area (Å²) in [5, 5.41) is 6.70. The number of carbonyl (C=O) groups excluding carboxylic acids is 2. The number of aryl methyl sites for hydroxylation is 1. The minimum Gasteiger partial charge on any atom is -0.465 e. The maximum atomic E-state index is 13.6. The van der Waals surface area contributed by atoms with E-state index in [4.69, 9.17) is 0 Å². The molecule has 0 aliphatic heterocycles. The van der Waals surface area contributed by atoms with Crippen LogP contribution in [0.4, 0.5) is 10.1 Å². The van der Waals surface area contributed by atoms with Crippen molar-refractivity contribution in [1.29, 1.82) is 0 Å². The number of halogens is 1. The molecule has 0 unspecified atom stereocenters. The number of aromatic nitrogens is 2. The number of methoxy groups -OCH3 is 1. The first-order valence-corrected chi connectivity index (χ1v) is 8.14. The molecule has 0 saturated heterocycles. The Morgan fingerprint density at radius 3 is 2.70 bits per heavy atom. The normalized spacial score (nSPS) is 10.6. The maximum Gasteiger partial charge on any atom is 0.337 e. The Kier molecular flexibility index (Phi) is 4.98. The Labute approximate surface area is 153 Å². The first-order chi connectivity index (χ1) is 12.9. The lowest BCUT2D eigenvalue weighted by Gasteiger charge is -2.11. The van der Waals surface area contributed by atoms with Crippen molar-refractivity contribution >= 4 is 28.5 Å². The van der Waals surface area contributed by atoms with E-state index >= 15 is 0 Å². The van der Waals surface area contributed by atoms with Crippen molar-refractivity contribution in [2.45, 2.75) is 13.5 Å². The number of esters is 1. The average molecular weight is 369 g/mol. The molecule has 8 heteroatoms. The van der Waals surface area contributed by atoms with Gasteiger partial charge in [0.05, 0.1) is 23.6 Å². The van der Waals surface area contributed by atoms with Crippen LogP contribution in [0.25, 0.3) is 10.9 Å². The highest BCUT2D eigenvalue weighted by molar-refractivity contribution is 6.04. The molecule has 0 saturated carbocycles. The van der Waals surface area contributed by atoms with Crippen LogP contribution in [0, 0.1) is 5.82 Å². The van der Waals surface area contributed by atoms with Gasteiger partial charge in [0.25, 0.3) is 5.91 Å². The Morgan fingerprint density at radius 1 is 1.22 bits per heavy atom. The Morgan fingerprint density at radius 2 is 2.00 bits per heavy atom. The minimum absolute atomic E-state index is 0.0697. The number of hydrogen-bond acceptors (Lipinski definition) is 5. The quantitative estimate of drug-likeness (QED) is 0.714. The highest BCUT2D eigenvalue weighted by Crippen LogP contribution is 2.15. The smallest absolute Gasteiger partial charge is 0.337 e. The number of carbonyl (C=O) groups is 2. The molecule has 1 aromatic heterocycles. The van der Waals surface area contributed by atoms with Gasteiger partial charge in [-0.1, -0.05) is 6.07 Å². The van der Waals surface area contributed by atoms with Gasteiger partial charge in [-0.05, 0) is 43.3 Å². The largest absolute Gasteiger partial charge is 0.465 e. The van der Waals surface area contributed by atoms with Crippen molar-refractivity contribution in [3.8, 4) is 0 Å². The molecule has 27 heavy (non-hydrogen) atoms. The lowest BCUT2D eigenvalue weighted by molar-refractivity contribution is 0.0600. The third kappa shape index (κ3) is 3.55. The summed E-state index contributed by atoms with van der Waals surface area (Å²) in [6, 6.07) is 9.84. The molecule has 0 radical (unpaired) electrons. The van der Waals surface area contributed by atoms with Crippen LogP contribution in [0.5, 0.6) is 0 Å². The molecule has 0 aliphatic carbocycles. The molecule has 0 fully saturated rings. The van der Waals surface area contributed by atoms with E-state index in [0.29, 0.717) is 17.7 Å². The molecule has 1 heterocycles. The van der Waals surface area contributed by atoms with Gasteiger partial charge in [-0.15, -0.1) is 0 Å². The summed E-state index contributed by atoms with van der Waals surface area (Å²) in [6.07, 6.45) is 0. The van der Waals surface area contributed by atoms with Gasteiger partial charge in [0.1, 0.15) is 5.82 Å². The van der Waals surface area contributed by atoms with Gasteiger partial charge in [0, 0.05) is 12.2 Å². The van der Waals surface area contributed by atoms with Gasteiger partial charge >= 0.3 is 5.97 Å².